The molecule has 1 N–H and O–H groups in total. The zero-order valence-corrected chi connectivity index (χ0v) is 14.2. The summed E-state index contributed by atoms with van der Waals surface area (Å²) < 4.78 is 0.477. The normalized spacial score (nSPS) is 16.2. The molecule has 0 bridgehead atoms. The van der Waals surface area contributed by atoms with Crippen molar-refractivity contribution in [2.75, 3.05) is 0 Å². The van der Waals surface area contributed by atoms with Crippen LogP contribution in [-0.2, 0) is 4.79 Å². The molecule has 0 atom stereocenters. The Balaban J connectivity index is 2.00. The number of nitrogens with one attached hydrogen (secondary N) is 1. The molecule has 0 saturated carbocycles. The van der Waals surface area contributed by atoms with Crippen LogP contribution in [0.5, 0.6) is 0 Å². The minimum atomic E-state index is -0.166. The fraction of sp³-hybridized carbons (Fsp3) is 0. The average molecular weight is 366 g/mol. The molecule has 0 unspecified atom stereocenters. The molecule has 0 aromatic heterocycles. The van der Waals surface area contributed by atoms with E-state index in [4.69, 9.17) is 35.4 Å². The van der Waals surface area contributed by atoms with E-state index in [-0.39, 0.29) is 5.91 Å². The number of amides is 1. The van der Waals surface area contributed by atoms with Crippen LogP contribution in [0, 0.1) is 0 Å². The van der Waals surface area contributed by atoms with Gasteiger partial charge in [-0.05, 0) is 41.5 Å². The standard InChI is InChI=1S/C16H9Cl2NOS2/c17-11-4-5-13(18)12(8-11)10-3-1-2-9(6-10)7-14-15(20)19-16(21)22-14/h1-8H,(H,19,20,21). The maximum absolute atomic E-state index is 11.7. The van der Waals surface area contributed by atoms with Gasteiger partial charge in [-0.3, -0.25) is 4.79 Å². The summed E-state index contributed by atoms with van der Waals surface area (Å²) in [5.74, 6) is -0.166. The molecule has 0 aliphatic carbocycles. The number of rotatable bonds is 2. The van der Waals surface area contributed by atoms with Crippen molar-refractivity contribution < 1.29 is 4.79 Å². The van der Waals surface area contributed by atoms with Crippen LogP contribution >= 0.6 is 47.2 Å². The highest BCUT2D eigenvalue weighted by molar-refractivity contribution is 8.26. The maximum Gasteiger partial charge on any atom is 0.263 e. The molecule has 1 heterocycles. The quantitative estimate of drug-likeness (QED) is 0.589. The van der Waals surface area contributed by atoms with Crippen molar-refractivity contribution in [1.82, 2.24) is 5.32 Å². The highest BCUT2D eigenvalue weighted by Crippen LogP contribution is 2.32. The van der Waals surface area contributed by atoms with Gasteiger partial charge in [0, 0.05) is 15.6 Å². The number of carbonyl (C=O) groups is 1. The fourth-order valence-corrected chi connectivity index (χ4v) is 3.53. The topological polar surface area (TPSA) is 29.1 Å². The summed E-state index contributed by atoms with van der Waals surface area (Å²) in [6.07, 6.45) is 1.81. The van der Waals surface area contributed by atoms with Gasteiger partial charge < -0.3 is 5.32 Å². The van der Waals surface area contributed by atoms with Crippen molar-refractivity contribution in [2.24, 2.45) is 0 Å². The Kier molecular flexibility index (Phi) is 4.54. The van der Waals surface area contributed by atoms with Gasteiger partial charge in [0.25, 0.3) is 5.91 Å². The highest BCUT2D eigenvalue weighted by atomic mass is 35.5. The Bertz CT molecular complexity index is 818. The third kappa shape index (κ3) is 3.36. The minimum absolute atomic E-state index is 0.166. The van der Waals surface area contributed by atoms with E-state index in [1.165, 1.54) is 11.8 Å². The number of thiocarbonyl (C=S) groups is 1. The minimum Gasteiger partial charge on any atom is -0.307 e. The molecule has 0 radical (unpaired) electrons. The molecule has 0 spiro atoms. The molecule has 3 rings (SSSR count). The Labute approximate surface area is 147 Å². The number of carbonyl (C=O) groups excluding carboxylic acids is 1. The van der Waals surface area contributed by atoms with Crippen LogP contribution in [0.25, 0.3) is 17.2 Å². The molecule has 22 heavy (non-hydrogen) atoms. The molecule has 1 aliphatic heterocycles. The van der Waals surface area contributed by atoms with Gasteiger partial charge in [0.05, 0.1) is 4.91 Å². The van der Waals surface area contributed by atoms with Crippen molar-refractivity contribution in [3.63, 3.8) is 0 Å². The van der Waals surface area contributed by atoms with Crippen LogP contribution in [0.1, 0.15) is 5.56 Å². The van der Waals surface area contributed by atoms with E-state index >= 15 is 0 Å². The second-order valence-corrected chi connectivity index (χ2v) is 7.16. The fourth-order valence-electron chi connectivity index (χ4n) is 2.09. The van der Waals surface area contributed by atoms with Crippen LogP contribution in [0.3, 0.4) is 0 Å². The van der Waals surface area contributed by atoms with Crippen LogP contribution in [0.4, 0.5) is 0 Å². The lowest BCUT2D eigenvalue weighted by molar-refractivity contribution is -0.115. The molecular weight excluding hydrogens is 357 g/mol. The second kappa shape index (κ2) is 6.42. The maximum atomic E-state index is 11.7. The van der Waals surface area contributed by atoms with Gasteiger partial charge in [-0.15, -0.1) is 0 Å². The average Bonchev–Trinajstić information content (AvgIpc) is 2.80. The second-order valence-electron chi connectivity index (χ2n) is 4.60. The number of halogens is 2. The number of hydrogen-bond acceptors (Lipinski definition) is 3. The largest absolute Gasteiger partial charge is 0.307 e. The Hall–Kier alpha value is -1.33. The van der Waals surface area contributed by atoms with Gasteiger partial charge in [-0.2, -0.15) is 0 Å². The van der Waals surface area contributed by atoms with E-state index < -0.39 is 0 Å². The van der Waals surface area contributed by atoms with Gasteiger partial charge in [0.1, 0.15) is 4.32 Å². The zero-order valence-electron chi connectivity index (χ0n) is 11.1. The number of benzene rings is 2. The van der Waals surface area contributed by atoms with E-state index in [0.717, 1.165) is 16.7 Å². The number of thioether (sulfide) groups is 1. The lowest BCUT2D eigenvalue weighted by Crippen LogP contribution is -2.17. The van der Waals surface area contributed by atoms with Crippen LogP contribution in [-0.4, -0.2) is 10.2 Å². The van der Waals surface area contributed by atoms with E-state index in [9.17, 15) is 4.79 Å². The summed E-state index contributed by atoms with van der Waals surface area (Å²) in [5, 5.41) is 3.85. The predicted octanol–water partition coefficient (Wildman–Crippen LogP) is 5.15. The van der Waals surface area contributed by atoms with Crippen LogP contribution in [0.15, 0.2) is 47.4 Å². The summed E-state index contributed by atoms with van der Waals surface area (Å²) in [7, 11) is 0. The Morgan fingerprint density at radius 3 is 2.68 bits per heavy atom. The molecule has 2 aromatic carbocycles. The molecule has 2 aromatic rings. The van der Waals surface area contributed by atoms with Crippen LogP contribution in [0.2, 0.25) is 10.0 Å². The Morgan fingerprint density at radius 2 is 1.95 bits per heavy atom. The molecule has 1 amide bonds. The molecular formula is C16H9Cl2NOS2. The van der Waals surface area contributed by atoms with Gasteiger partial charge in [-0.25, -0.2) is 0 Å². The molecule has 110 valence electrons. The predicted molar refractivity (Wildman–Crippen MR) is 98.2 cm³/mol. The third-order valence-electron chi connectivity index (χ3n) is 3.07. The first kappa shape index (κ1) is 15.6. The molecule has 6 heteroatoms. The summed E-state index contributed by atoms with van der Waals surface area (Å²) in [6.45, 7) is 0. The SMILES string of the molecule is O=C1NC(=S)SC1=Cc1cccc(-c2cc(Cl)ccc2Cl)c1. The van der Waals surface area contributed by atoms with Crippen molar-refractivity contribution >= 4 is 63.5 Å². The monoisotopic (exact) mass is 365 g/mol. The highest BCUT2D eigenvalue weighted by Gasteiger charge is 2.21. The van der Waals surface area contributed by atoms with Crippen molar-refractivity contribution in [2.45, 2.75) is 0 Å². The first-order chi connectivity index (χ1) is 10.5. The van der Waals surface area contributed by atoms with Gasteiger partial charge in [0.15, 0.2) is 0 Å². The number of hydrogen-bond donors (Lipinski definition) is 1. The first-order valence-electron chi connectivity index (χ1n) is 6.33. The Morgan fingerprint density at radius 1 is 1.14 bits per heavy atom. The van der Waals surface area contributed by atoms with Crippen LogP contribution < -0.4 is 5.32 Å². The lowest BCUT2D eigenvalue weighted by atomic mass is 10.0. The van der Waals surface area contributed by atoms with Crippen molar-refractivity contribution in [3.05, 3.63) is 63.0 Å². The summed E-state index contributed by atoms with van der Waals surface area (Å²) >= 11 is 18.5. The smallest absolute Gasteiger partial charge is 0.263 e. The molecule has 1 aliphatic rings. The van der Waals surface area contributed by atoms with Gasteiger partial charge in [0.2, 0.25) is 0 Å². The first-order valence-corrected chi connectivity index (χ1v) is 8.31. The zero-order chi connectivity index (χ0) is 15.7. The molecule has 1 fully saturated rings. The van der Waals surface area contributed by atoms with E-state index in [1.807, 2.05) is 30.3 Å². The summed E-state index contributed by atoms with van der Waals surface area (Å²) in [6, 6.07) is 13.1. The van der Waals surface area contributed by atoms with E-state index in [2.05, 4.69) is 5.32 Å². The summed E-state index contributed by atoms with van der Waals surface area (Å²) in [4.78, 5) is 12.3. The van der Waals surface area contributed by atoms with E-state index in [0.29, 0.717) is 19.3 Å². The van der Waals surface area contributed by atoms with E-state index in [1.54, 1.807) is 18.2 Å². The van der Waals surface area contributed by atoms with Gasteiger partial charge >= 0.3 is 0 Å². The molecule has 1 saturated heterocycles. The third-order valence-corrected chi connectivity index (χ3v) is 4.79. The van der Waals surface area contributed by atoms with Crippen molar-refractivity contribution in [1.29, 1.82) is 0 Å². The van der Waals surface area contributed by atoms with Gasteiger partial charge in [-0.1, -0.05) is 65.4 Å². The lowest BCUT2D eigenvalue weighted by Gasteiger charge is -2.06. The summed E-state index contributed by atoms with van der Waals surface area (Å²) in [5.41, 5.74) is 2.69. The molecule has 2 nitrogen and oxygen atoms in total. The van der Waals surface area contributed by atoms with Crippen molar-refractivity contribution in [3.8, 4) is 11.1 Å².